The number of hydrogen-bond acceptors (Lipinski definition) is 5. The molecule has 3 aromatic rings. The van der Waals surface area contributed by atoms with Crippen molar-refractivity contribution in [3.63, 3.8) is 0 Å². The number of nitrogens with one attached hydrogen (secondary N) is 2. The number of halogens is 2. The summed E-state index contributed by atoms with van der Waals surface area (Å²) in [6, 6.07) is 13.6. The van der Waals surface area contributed by atoms with E-state index in [9.17, 15) is 9.59 Å². The lowest BCUT2D eigenvalue weighted by Crippen LogP contribution is -2.34. The Labute approximate surface area is 189 Å². The molecule has 0 saturated heterocycles. The van der Waals surface area contributed by atoms with Gasteiger partial charge in [0, 0.05) is 15.7 Å². The summed E-state index contributed by atoms with van der Waals surface area (Å²) in [5, 5.41) is 5.61. The zero-order valence-electron chi connectivity index (χ0n) is 16.7. The predicted octanol–water partition coefficient (Wildman–Crippen LogP) is 4.91. The number of carbonyl (C=O) groups is 2. The third kappa shape index (κ3) is 6.34. The highest BCUT2D eigenvalue weighted by Crippen LogP contribution is 2.28. The average molecular weight is 460 g/mol. The van der Waals surface area contributed by atoms with Crippen LogP contribution in [0.5, 0.6) is 5.75 Å². The normalized spacial score (nSPS) is 10.8. The van der Waals surface area contributed by atoms with Gasteiger partial charge in [-0.3, -0.25) is 9.59 Å². The van der Waals surface area contributed by atoms with Crippen molar-refractivity contribution < 1.29 is 18.7 Å². The number of methoxy groups -OCH3 is 1. The van der Waals surface area contributed by atoms with Crippen LogP contribution in [0.1, 0.15) is 17.1 Å². The Hall–Kier alpha value is -3.29. The standard InChI is InChI=1S/C22H19Cl2N3O4/c1-13-3-6-20(30-2)19(7-13)25-11-17-4-5-18(31-17)12-26-21(28)22(29)27-16-9-14(23)8-15(24)10-16/h3-11H,12H2,1-2H3,(H,26,28)(H,27,29). The van der Waals surface area contributed by atoms with Gasteiger partial charge in [0.2, 0.25) is 0 Å². The fourth-order valence-corrected chi connectivity index (χ4v) is 3.18. The van der Waals surface area contributed by atoms with Crippen LogP contribution in [0.25, 0.3) is 0 Å². The van der Waals surface area contributed by atoms with Crippen LogP contribution < -0.4 is 15.4 Å². The molecule has 0 aliphatic carbocycles. The Morgan fingerprint density at radius 1 is 1.06 bits per heavy atom. The van der Waals surface area contributed by atoms with E-state index in [-0.39, 0.29) is 6.54 Å². The van der Waals surface area contributed by atoms with Crippen molar-refractivity contribution in [2.75, 3.05) is 12.4 Å². The highest BCUT2D eigenvalue weighted by Gasteiger charge is 2.15. The van der Waals surface area contributed by atoms with Crippen molar-refractivity contribution in [3.05, 3.63) is 75.7 Å². The summed E-state index contributed by atoms with van der Waals surface area (Å²) < 4.78 is 10.9. The van der Waals surface area contributed by atoms with Gasteiger partial charge >= 0.3 is 11.8 Å². The molecule has 1 heterocycles. The molecule has 0 fully saturated rings. The number of carbonyl (C=O) groups excluding carboxylic acids is 2. The molecular formula is C22H19Cl2N3O4. The van der Waals surface area contributed by atoms with Crippen LogP contribution in [-0.4, -0.2) is 25.1 Å². The summed E-state index contributed by atoms with van der Waals surface area (Å²) in [6.45, 7) is 1.99. The number of nitrogens with zero attached hydrogens (tertiary/aromatic N) is 1. The highest BCUT2D eigenvalue weighted by molar-refractivity contribution is 6.40. The van der Waals surface area contributed by atoms with Gasteiger partial charge in [0.15, 0.2) is 0 Å². The molecule has 2 aromatic carbocycles. The molecule has 31 heavy (non-hydrogen) atoms. The van der Waals surface area contributed by atoms with Crippen molar-refractivity contribution >= 4 is 52.6 Å². The highest BCUT2D eigenvalue weighted by atomic mass is 35.5. The molecule has 0 aliphatic heterocycles. The van der Waals surface area contributed by atoms with E-state index in [1.165, 1.54) is 18.2 Å². The van der Waals surface area contributed by atoms with Crippen molar-refractivity contribution in [2.45, 2.75) is 13.5 Å². The zero-order chi connectivity index (χ0) is 22.4. The van der Waals surface area contributed by atoms with Crippen molar-refractivity contribution in [3.8, 4) is 5.75 Å². The second kappa shape index (κ2) is 10.1. The fourth-order valence-electron chi connectivity index (χ4n) is 2.65. The molecule has 0 atom stereocenters. The maximum Gasteiger partial charge on any atom is 0.313 e. The Bertz CT molecular complexity index is 1120. The van der Waals surface area contributed by atoms with Gasteiger partial charge in [-0.1, -0.05) is 29.3 Å². The minimum atomic E-state index is -0.849. The minimum absolute atomic E-state index is 0.0319. The van der Waals surface area contributed by atoms with Crippen LogP contribution in [-0.2, 0) is 16.1 Å². The van der Waals surface area contributed by atoms with E-state index in [1.807, 2.05) is 25.1 Å². The van der Waals surface area contributed by atoms with E-state index in [1.54, 1.807) is 25.5 Å². The van der Waals surface area contributed by atoms with E-state index in [0.29, 0.717) is 38.7 Å². The number of aliphatic imine (C=N–C) groups is 1. The Morgan fingerprint density at radius 2 is 1.81 bits per heavy atom. The maximum absolute atomic E-state index is 12.0. The van der Waals surface area contributed by atoms with Gasteiger partial charge in [0.25, 0.3) is 0 Å². The predicted molar refractivity (Wildman–Crippen MR) is 121 cm³/mol. The van der Waals surface area contributed by atoms with E-state index >= 15 is 0 Å². The van der Waals surface area contributed by atoms with Crippen molar-refractivity contribution in [1.29, 1.82) is 0 Å². The maximum atomic E-state index is 12.0. The Balaban J connectivity index is 1.56. The number of amides is 2. The van der Waals surface area contributed by atoms with Gasteiger partial charge in [-0.05, 0) is 55.0 Å². The molecule has 0 unspecified atom stereocenters. The third-order valence-electron chi connectivity index (χ3n) is 4.10. The second-order valence-corrected chi connectivity index (χ2v) is 7.41. The number of furan rings is 1. The van der Waals surface area contributed by atoms with Crippen LogP contribution in [0, 0.1) is 6.92 Å². The molecule has 0 aliphatic rings. The number of aryl methyl sites for hydroxylation is 1. The molecule has 2 N–H and O–H groups in total. The summed E-state index contributed by atoms with van der Waals surface area (Å²) in [7, 11) is 1.58. The van der Waals surface area contributed by atoms with Crippen molar-refractivity contribution in [1.82, 2.24) is 5.32 Å². The third-order valence-corrected chi connectivity index (χ3v) is 4.53. The molecule has 0 spiro atoms. The van der Waals surface area contributed by atoms with Gasteiger partial charge in [0.1, 0.15) is 23.0 Å². The summed E-state index contributed by atoms with van der Waals surface area (Å²) in [6.07, 6.45) is 1.55. The molecule has 2 amide bonds. The summed E-state index contributed by atoms with van der Waals surface area (Å²) in [5.74, 6) is -0.0752. The number of rotatable bonds is 6. The van der Waals surface area contributed by atoms with E-state index < -0.39 is 11.8 Å². The lowest BCUT2D eigenvalue weighted by Gasteiger charge is -2.06. The quantitative estimate of drug-likeness (QED) is 0.404. The Kier molecular flexibility index (Phi) is 7.33. The first-order chi connectivity index (χ1) is 14.8. The topological polar surface area (TPSA) is 92.9 Å². The molecule has 0 bridgehead atoms. The zero-order valence-corrected chi connectivity index (χ0v) is 18.3. The number of benzene rings is 2. The first-order valence-corrected chi connectivity index (χ1v) is 9.92. The molecule has 9 heteroatoms. The van der Waals surface area contributed by atoms with Gasteiger partial charge in [-0.15, -0.1) is 0 Å². The molecule has 0 saturated carbocycles. The molecular weight excluding hydrogens is 441 g/mol. The molecule has 1 aromatic heterocycles. The van der Waals surface area contributed by atoms with Gasteiger partial charge in [-0.2, -0.15) is 0 Å². The smallest absolute Gasteiger partial charge is 0.313 e. The van der Waals surface area contributed by atoms with Crippen molar-refractivity contribution in [2.24, 2.45) is 4.99 Å². The summed E-state index contributed by atoms with van der Waals surface area (Å²) in [4.78, 5) is 28.5. The largest absolute Gasteiger partial charge is 0.494 e. The molecule has 3 rings (SSSR count). The first kappa shape index (κ1) is 22.4. The van der Waals surface area contributed by atoms with E-state index in [4.69, 9.17) is 32.4 Å². The SMILES string of the molecule is COc1ccc(C)cc1N=Cc1ccc(CNC(=O)C(=O)Nc2cc(Cl)cc(Cl)c2)o1. The monoisotopic (exact) mass is 459 g/mol. The average Bonchev–Trinajstić information content (AvgIpc) is 3.17. The molecule has 160 valence electrons. The number of hydrogen-bond donors (Lipinski definition) is 2. The number of anilines is 1. The fraction of sp³-hybridized carbons (Fsp3) is 0.136. The summed E-state index contributed by atoms with van der Waals surface area (Å²) >= 11 is 11.8. The number of ether oxygens (including phenoxy) is 1. The van der Waals surface area contributed by atoms with Crippen LogP contribution in [0.3, 0.4) is 0 Å². The van der Waals surface area contributed by atoms with Crippen LogP contribution in [0.4, 0.5) is 11.4 Å². The first-order valence-electron chi connectivity index (χ1n) is 9.17. The van der Waals surface area contributed by atoms with Gasteiger partial charge < -0.3 is 19.8 Å². The van der Waals surface area contributed by atoms with Gasteiger partial charge in [-0.25, -0.2) is 4.99 Å². The molecule has 0 radical (unpaired) electrons. The van der Waals surface area contributed by atoms with E-state index in [2.05, 4.69) is 15.6 Å². The minimum Gasteiger partial charge on any atom is -0.494 e. The van der Waals surface area contributed by atoms with Gasteiger partial charge in [0.05, 0.1) is 19.9 Å². The molecule has 7 nitrogen and oxygen atoms in total. The lowest BCUT2D eigenvalue weighted by atomic mass is 10.2. The van der Waals surface area contributed by atoms with E-state index in [0.717, 1.165) is 5.56 Å². The summed E-state index contributed by atoms with van der Waals surface area (Å²) in [5.41, 5.74) is 2.04. The van der Waals surface area contributed by atoms with Crippen LogP contribution >= 0.6 is 23.2 Å². The second-order valence-electron chi connectivity index (χ2n) is 6.53. The van der Waals surface area contributed by atoms with Crippen LogP contribution in [0.15, 0.2) is 57.9 Å². The lowest BCUT2D eigenvalue weighted by molar-refractivity contribution is -0.136. The Morgan fingerprint density at radius 3 is 2.52 bits per heavy atom. The van der Waals surface area contributed by atoms with Crippen LogP contribution in [0.2, 0.25) is 10.0 Å².